The molecule has 4 aliphatic carbocycles. The van der Waals surface area contributed by atoms with Crippen LogP contribution < -0.4 is 11.2 Å². The summed E-state index contributed by atoms with van der Waals surface area (Å²) in [5, 5.41) is 22.4. The maximum Gasteiger partial charge on any atom is 0.0737 e. The van der Waals surface area contributed by atoms with Crippen molar-refractivity contribution in [2.24, 2.45) is 40.2 Å². The van der Waals surface area contributed by atoms with Crippen LogP contribution in [0.2, 0.25) is 0 Å². The van der Waals surface area contributed by atoms with Gasteiger partial charge in [-0.05, 0) is 99.8 Å². The first-order valence-corrected chi connectivity index (χ1v) is 13.1. The van der Waals surface area contributed by atoms with Gasteiger partial charge >= 0.3 is 0 Å². The molecule has 5 N–H and O–H groups in total. The fraction of sp³-hybridized carbons (Fsp3) is 0.852. The molecule has 182 valence electrons. The van der Waals surface area contributed by atoms with Crippen LogP contribution in [0.5, 0.6) is 0 Å². The molecule has 0 saturated heterocycles. The van der Waals surface area contributed by atoms with Crippen LogP contribution in [0, 0.1) is 34.5 Å². The standard InChI is InChI=1S/C27H46N2O3/c1-25-13-11-22(30)19-21(25)8-9-24-23(25)12-14-26(2)20(10-15-27(24,26)31)7-4-3-5-17-29-32-18-6-16-28/h3-5,7,20-24,29-31H,6,8-19,28H2,1-2H3/t20-,21+,22-,23-,24+,25-,26+,27-/m0/s1. The van der Waals surface area contributed by atoms with Gasteiger partial charge in [-0.3, -0.25) is 0 Å². The lowest BCUT2D eigenvalue weighted by Crippen LogP contribution is -2.62. The monoisotopic (exact) mass is 446 g/mol. The lowest BCUT2D eigenvalue weighted by atomic mass is 9.43. The number of hydrogen-bond acceptors (Lipinski definition) is 5. The molecule has 0 amide bonds. The van der Waals surface area contributed by atoms with E-state index in [-0.39, 0.29) is 11.5 Å². The number of aliphatic hydroxyl groups excluding tert-OH is 1. The summed E-state index contributed by atoms with van der Waals surface area (Å²) in [5.74, 6) is 2.10. The number of hydroxylamine groups is 1. The molecule has 4 rings (SSSR count). The van der Waals surface area contributed by atoms with Gasteiger partial charge in [-0.15, -0.1) is 0 Å². The first-order valence-electron chi connectivity index (χ1n) is 13.1. The summed E-state index contributed by atoms with van der Waals surface area (Å²) in [6.45, 7) is 6.82. The maximum atomic E-state index is 12.2. The topological polar surface area (TPSA) is 87.7 Å². The van der Waals surface area contributed by atoms with Crippen molar-refractivity contribution in [3.05, 3.63) is 24.3 Å². The van der Waals surface area contributed by atoms with E-state index in [0.29, 0.717) is 48.8 Å². The van der Waals surface area contributed by atoms with Crippen LogP contribution in [0.1, 0.15) is 78.1 Å². The van der Waals surface area contributed by atoms with E-state index in [0.717, 1.165) is 51.4 Å². The van der Waals surface area contributed by atoms with Gasteiger partial charge in [-0.2, -0.15) is 5.48 Å². The second kappa shape index (κ2) is 9.87. The molecular formula is C27H46N2O3. The van der Waals surface area contributed by atoms with Crippen molar-refractivity contribution in [1.82, 2.24) is 5.48 Å². The van der Waals surface area contributed by atoms with E-state index in [1.165, 1.54) is 12.8 Å². The molecule has 0 aromatic carbocycles. The summed E-state index contributed by atoms with van der Waals surface area (Å²) in [6, 6.07) is 0. The summed E-state index contributed by atoms with van der Waals surface area (Å²) in [7, 11) is 0. The molecule has 4 saturated carbocycles. The average molecular weight is 447 g/mol. The first kappa shape index (κ1) is 24.4. The summed E-state index contributed by atoms with van der Waals surface area (Å²) in [4.78, 5) is 5.30. The van der Waals surface area contributed by atoms with Crippen molar-refractivity contribution in [3.8, 4) is 0 Å². The van der Waals surface area contributed by atoms with Crippen molar-refractivity contribution < 1.29 is 15.1 Å². The lowest BCUT2D eigenvalue weighted by Gasteiger charge is -2.63. The molecule has 0 spiro atoms. The molecule has 0 unspecified atom stereocenters. The van der Waals surface area contributed by atoms with Crippen LogP contribution in [0.15, 0.2) is 24.3 Å². The Morgan fingerprint density at radius 3 is 2.69 bits per heavy atom. The highest BCUT2D eigenvalue weighted by molar-refractivity contribution is 5.20. The molecule has 5 nitrogen and oxygen atoms in total. The molecule has 5 heteroatoms. The Morgan fingerprint density at radius 2 is 1.88 bits per heavy atom. The van der Waals surface area contributed by atoms with E-state index in [4.69, 9.17) is 10.6 Å². The Bertz CT molecular complexity index is 696. The molecule has 4 fully saturated rings. The van der Waals surface area contributed by atoms with Gasteiger partial charge in [0, 0.05) is 12.0 Å². The number of nitrogens with one attached hydrogen (secondary N) is 1. The quantitative estimate of drug-likeness (QED) is 0.256. The fourth-order valence-corrected chi connectivity index (χ4v) is 8.23. The lowest BCUT2D eigenvalue weighted by molar-refractivity contribution is -0.207. The number of rotatable bonds is 8. The molecule has 0 radical (unpaired) electrons. The van der Waals surface area contributed by atoms with Crippen molar-refractivity contribution in [2.45, 2.75) is 89.8 Å². The van der Waals surface area contributed by atoms with Crippen molar-refractivity contribution >= 4 is 0 Å². The molecule has 0 bridgehead atoms. The number of nitrogens with two attached hydrogens (primary N) is 1. The minimum Gasteiger partial charge on any atom is -0.393 e. The Morgan fingerprint density at radius 1 is 1.03 bits per heavy atom. The van der Waals surface area contributed by atoms with E-state index < -0.39 is 5.60 Å². The Hall–Kier alpha value is -0.720. The zero-order valence-electron chi connectivity index (χ0n) is 20.3. The average Bonchev–Trinajstić information content (AvgIpc) is 3.04. The first-order chi connectivity index (χ1) is 15.3. The second-order valence-corrected chi connectivity index (χ2v) is 11.6. The molecular weight excluding hydrogens is 400 g/mol. The third-order valence-electron chi connectivity index (χ3n) is 10.2. The number of hydrogen-bond donors (Lipinski definition) is 4. The van der Waals surface area contributed by atoms with Crippen LogP contribution in [0.4, 0.5) is 0 Å². The van der Waals surface area contributed by atoms with Crippen molar-refractivity contribution in [2.75, 3.05) is 19.7 Å². The molecule has 0 aromatic heterocycles. The predicted octanol–water partition coefficient (Wildman–Crippen LogP) is 4.10. The molecule has 4 aliphatic rings. The summed E-state index contributed by atoms with van der Waals surface area (Å²) in [5.41, 5.74) is 8.12. The number of fused-ring (bicyclic) bond motifs is 5. The second-order valence-electron chi connectivity index (χ2n) is 11.6. The largest absolute Gasteiger partial charge is 0.393 e. The van der Waals surface area contributed by atoms with Crippen molar-refractivity contribution in [1.29, 1.82) is 0 Å². The van der Waals surface area contributed by atoms with Crippen LogP contribution in [0.3, 0.4) is 0 Å². The minimum absolute atomic E-state index is 0.0283. The SMILES string of the molecule is C[C@]12CC[C@H](O)C[C@H]1CC[C@@H]1[C@@H]2CC[C@]2(C)[C@@H](C=CC=CCNOCCCN)CC[C@]12O. The predicted molar refractivity (Wildman–Crippen MR) is 129 cm³/mol. The summed E-state index contributed by atoms with van der Waals surface area (Å²) >= 11 is 0. The Balaban J connectivity index is 1.38. The molecule has 0 aromatic rings. The van der Waals surface area contributed by atoms with Gasteiger partial charge < -0.3 is 20.8 Å². The van der Waals surface area contributed by atoms with Gasteiger partial charge in [-0.25, -0.2) is 0 Å². The van der Waals surface area contributed by atoms with E-state index in [1.54, 1.807) is 0 Å². The van der Waals surface area contributed by atoms with E-state index in [1.807, 2.05) is 0 Å². The zero-order valence-corrected chi connectivity index (χ0v) is 20.3. The molecule has 0 heterocycles. The van der Waals surface area contributed by atoms with Gasteiger partial charge in [0.25, 0.3) is 0 Å². The third-order valence-corrected chi connectivity index (χ3v) is 10.2. The van der Waals surface area contributed by atoms with Gasteiger partial charge in [-0.1, -0.05) is 38.2 Å². The third kappa shape index (κ3) is 4.24. The van der Waals surface area contributed by atoms with Crippen LogP contribution in [0.25, 0.3) is 0 Å². The molecule has 32 heavy (non-hydrogen) atoms. The van der Waals surface area contributed by atoms with Gasteiger partial charge in [0.15, 0.2) is 0 Å². The smallest absolute Gasteiger partial charge is 0.0737 e. The Labute approximate surface area is 194 Å². The fourth-order valence-electron chi connectivity index (χ4n) is 8.23. The minimum atomic E-state index is -0.545. The summed E-state index contributed by atoms with van der Waals surface area (Å²) in [6.07, 6.45) is 19.1. The Kier molecular flexibility index (Phi) is 7.53. The van der Waals surface area contributed by atoms with E-state index >= 15 is 0 Å². The zero-order chi connectivity index (χ0) is 22.8. The van der Waals surface area contributed by atoms with E-state index in [2.05, 4.69) is 43.6 Å². The molecule has 0 aliphatic heterocycles. The van der Waals surface area contributed by atoms with Gasteiger partial charge in [0.05, 0.1) is 18.3 Å². The highest BCUT2D eigenvalue weighted by Gasteiger charge is 2.66. The van der Waals surface area contributed by atoms with Crippen LogP contribution in [-0.4, -0.2) is 41.6 Å². The summed E-state index contributed by atoms with van der Waals surface area (Å²) < 4.78 is 0. The number of aliphatic hydroxyl groups is 2. The van der Waals surface area contributed by atoms with Crippen LogP contribution in [-0.2, 0) is 4.84 Å². The molecule has 8 atom stereocenters. The van der Waals surface area contributed by atoms with Crippen molar-refractivity contribution in [3.63, 3.8) is 0 Å². The van der Waals surface area contributed by atoms with Crippen LogP contribution >= 0.6 is 0 Å². The number of allylic oxidation sites excluding steroid dienone is 3. The highest BCUT2D eigenvalue weighted by Crippen LogP contribution is 2.69. The normalized spacial score (nSPS) is 46.3. The maximum absolute atomic E-state index is 12.2. The van der Waals surface area contributed by atoms with Gasteiger partial charge in [0.1, 0.15) is 0 Å². The van der Waals surface area contributed by atoms with E-state index in [9.17, 15) is 10.2 Å². The highest BCUT2D eigenvalue weighted by atomic mass is 16.6. The van der Waals surface area contributed by atoms with Gasteiger partial charge in [0.2, 0.25) is 0 Å².